The Morgan fingerprint density at radius 2 is 2.38 bits per heavy atom. The maximum atomic E-state index is 10.5. The summed E-state index contributed by atoms with van der Waals surface area (Å²) in [7, 11) is 1.83. The highest BCUT2D eigenvalue weighted by molar-refractivity contribution is 9.10. The summed E-state index contributed by atoms with van der Waals surface area (Å²) >= 11 is 3.23. The van der Waals surface area contributed by atoms with E-state index < -0.39 is 5.97 Å². The number of carbonyl (C=O) groups is 1. The largest absolute Gasteiger partial charge is 0.475 e. The number of furan rings is 1. The van der Waals surface area contributed by atoms with Crippen LogP contribution in [0.1, 0.15) is 17.5 Å². The first-order valence-electron chi connectivity index (χ1n) is 3.80. The highest BCUT2D eigenvalue weighted by Gasteiger charge is 2.15. The summed E-state index contributed by atoms with van der Waals surface area (Å²) < 4.78 is 5.77. The van der Waals surface area contributed by atoms with Crippen LogP contribution in [-0.2, 0) is 0 Å². The van der Waals surface area contributed by atoms with Crippen molar-refractivity contribution in [2.45, 2.75) is 6.92 Å². The van der Waals surface area contributed by atoms with Crippen LogP contribution >= 0.6 is 15.9 Å². The number of hydrogen-bond donors (Lipinski definition) is 1. The average Bonchev–Trinajstić information content (AvgIpc) is 2.46. The third kappa shape index (κ3) is 2.03. The van der Waals surface area contributed by atoms with Crippen LogP contribution in [0.15, 0.2) is 15.0 Å². The molecule has 1 heterocycles. The van der Waals surface area contributed by atoms with Gasteiger partial charge in [-0.05, 0) is 22.9 Å². The van der Waals surface area contributed by atoms with Gasteiger partial charge < -0.3 is 14.4 Å². The summed E-state index contributed by atoms with van der Waals surface area (Å²) in [5.74, 6) is -0.571. The second kappa shape index (κ2) is 3.83. The molecule has 0 amide bonds. The Labute approximate surface area is 84.3 Å². The lowest BCUT2D eigenvalue weighted by atomic mass is 10.4. The smallest absolute Gasteiger partial charge is 0.371 e. The second-order valence-corrected chi connectivity index (χ2v) is 3.44. The molecule has 0 aromatic carbocycles. The molecule has 1 rings (SSSR count). The molecule has 0 radical (unpaired) electrons. The van der Waals surface area contributed by atoms with Crippen molar-refractivity contribution < 1.29 is 14.3 Å². The molecule has 0 spiro atoms. The molecule has 0 atom stereocenters. The minimum Gasteiger partial charge on any atom is -0.475 e. The molecule has 0 aliphatic heterocycles. The van der Waals surface area contributed by atoms with Gasteiger partial charge in [-0.25, -0.2) is 4.79 Å². The van der Waals surface area contributed by atoms with Gasteiger partial charge in [-0.15, -0.1) is 0 Å². The molecule has 0 bridgehead atoms. The van der Waals surface area contributed by atoms with Gasteiger partial charge in [0.15, 0.2) is 0 Å². The first-order chi connectivity index (χ1) is 6.06. The lowest BCUT2D eigenvalue weighted by Gasteiger charge is -2.12. The lowest BCUT2D eigenvalue weighted by molar-refractivity contribution is 0.0663. The van der Waals surface area contributed by atoms with Crippen LogP contribution in [0.4, 0.5) is 5.88 Å². The first-order valence-corrected chi connectivity index (χ1v) is 4.59. The van der Waals surface area contributed by atoms with E-state index in [4.69, 9.17) is 9.52 Å². The molecule has 0 unspecified atom stereocenters. The minimum absolute atomic E-state index is 0.0535. The van der Waals surface area contributed by atoms with Crippen molar-refractivity contribution in [3.8, 4) is 0 Å². The Morgan fingerprint density at radius 3 is 2.77 bits per heavy atom. The van der Waals surface area contributed by atoms with Crippen LogP contribution < -0.4 is 4.90 Å². The van der Waals surface area contributed by atoms with Crippen molar-refractivity contribution in [2.75, 3.05) is 18.5 Å². The molecule has 1 N–H and O–H groups in total. The topological polar surface area (TPSA) is 53.7 Å². The third-order valence-electron chi connectivity index (χ3n) is 1.70. The van der Waals surface area contributed by atoms with Gasteiger partial charge in [-0.2, -0.15) is 0 Å². The predicted octanol–water partition coefficient (Wildman–Crippen LogP) is 2.20. The molecule has 5 heteroatoms. The number of halogens is 1. The van der Waals surface area contributed by atoms with Gasteiger partial charge in [-0.3, -0.25) is 0 Å². The predicted molar refractivity (Wildman–Crippen MR) is 52.3 cm³/mol. The fourth-order valence-electron chi connectivity index (χ4n) is 0.868. The van der Waals surface area contributed by atoms with Gasteiger partial charge in [0, 0.05) is 19.7 Å². The average molecular weight is 248 g/mol. The van der Waals surface area contributed by atoms with Crippen molar-refractivity contribution in [1.29, 1.82) is 0 Å². The summed E-state index contributed by atoms with van der Waals surface area (Å²) in [6.45, 7) is 2.71. The van der Waals surface area contributed by atoms with Gasteiger partial charge in [0.2, 0.25) is 11.6 Å². The molecule has 72 valence electrons. The Balaban J connectivity index is 3.02. The summed E-state index contributed by atoms with van der Waals surface area (Å²) in [6.07, 6.45) is 0. The highest BCUT2D eigenvalue weighted by atomic mass is 79.9. The summed E-state index contributed by atoms with van der Waals surface area (Å²) in [4.78, 5) is 12.4. The molecule has 0 aliphatic rings. The van der Waals surface area contributed by atoms with E-state index in [2.05, 4.69) is 15.9 Å². The maximum absolute atomic E-state index is 10.5. The first kappa shape index (κ1) is 10.1. The number of carboxylic acids is 1. The molecule has 0 saturated heterocycles. The van der Waals surface area contributed by atoms with Crippen LogP contribution in [0.3, 0.4) is 0 Å². The van der Waals surface area contributed by atoms with Gasteiger partial charge in [0.25, 0.3) is 0 Å². The van der Waals surface area contributed by atoms with Gasteiger partial charge in [0.1, 0.15) is 0 Å². The molecule has 4 nitrogen and oxygen atoms in total. The van der Waals surface area contributed by atoms with Crippen LogP contribution in [0.2, 0.25) is 0 Å². The zero-order valence-corrected chi connectivity index (χ0v) is 8.96. The van der Waals surface area contributed by atoms with E-state index in [-0.39, 0.29) is 5.76 Å². The molecular weight excluding hydrogens is 238 g/mol. The molecule has 0 aliphatic carbocycles. The van der Waals surface area contributed by atoms with Crippen LogP contribution in [0.5, 0.6) is 0 Å². The SMILES string of the molecule is CCN(C)c1oc(C(=O)O)cc1Br. The zero-order chi connectivity index (χ0) is 10.0. The monoisotopic (exact) mass is 247 g/mol. The Bertz CT molecular complexity index is 321. The highest BCUT2D eigenvalue weighted by Crippen LogP contribution is 2.29. The Morgan fingerprint density at radius 1 is 1.77 bits per heavy atom. The van der Waals surface area contributed by atoms with E-state index >= 15 is 0 Å². The normalized spacial score (nSPS) is 10.1. The van der Waals surface area contributed by atoms with Gasteiger partial charge in [0.05, 0.1) is 4.47 Å². The fourth-order valence-corrected chi connectivity index (χ4v) is 1.46. The fraction of sp³-hybridized carbons (Fsp3) is 0.375. The van der Waals surface area contributed by atoms with Crippen molar-refractivity contribution in [3.63, 3.8) is 0 Å². The van der Waals surface area contributed by atoms with E-state index in [0.29, 0.717) is 10.4 Å². The number of rotatable bonds is 3. The Kier molecular flexibility index (Phi) is 2.98. The number of anilines is 1. The van der Waals surface area contributed by atoms with Crippen LogP contribution in [-0.4, -0.2) is 24.7 Å². The van der Waals surface area contributed by atoms with Crippen LogP contribution in [0.25, 0.3) is 0 Å². The zero-order valence-electron chi connectivity index (χ0n) is 7.37. The molecule has 0 saturated carbocycles. The van der Waals surface area contributed by atoms with Crippen molar-refractivity contribution in [3.05, 3.63) is 16.3 Å². The van der Waals surface area contributed by atoms with Crippen LogP contribution in [0, 0.1) is 0 Å². The van der Waals surface area contributed by atoms with E-state index in [1.807, 2.05) is 18.9 Å². The lowest BCUT2D eigenvalue weighted by Crippen LogP contribution is -2.15. The van der Waals surface area contributed by atoms with E-state index in [1.54, 1.807) is 0 Å². The van der Waals surface area contributed by atoms with Gasteiger partial charge >= 0.3 is 5.97 Å². The Hall–Kier alpha value is -0.970. The third-order valence-corrected chi connectivity index (χ3v) is 2.27. The number of nitrogens with zero attached hydrogens (tertiary/aromatic N) is 1. The number of carboxylic acid groups (broad SMARTS) is 1. The minimum atomic E-state index is -1.06. The van der Waals surface area contributed by atoms with E-state index in [9.17, 15) is 4.79 Å². The summed E-state index contributed by atoms with van der Waals surface area (Å²) in [6, 6.07) is 1.45. The van der Waals surface area contributed by atoms with Crippen molar-refractivity contribution in [1.82, 2.24) is 0 Å². The molecule has 1 aromatic rings. The number of aromatic carboxylic acids is 1. The maximum Gasteiger partial charge on any atom is 0.371 e. The molecule has 13 heavy (non-hydrogen) atoms. The number of hydrogen-bond acceptors (Lipinski definition) is 3. The van der Waals surface area contributed by atoms with Crippen molar-refractivity contribution >= 4 is 27.8 Å². The van der Waals surface area contributed by atoms with Gasteiger partial charge in [-0.1, -0.05) is 0 Å². The second-order valence-electron chi connectivity index (χ2n) is 2.58. The quantitative estimate of drug-likeness (QED) is 0.890. The molecule has 0 fully saturated rings. The molecule has 1 aromatic heterocycles. The summed E-state index contributed by atoms with van der Waals surface area (Å²) in [5, 5.41) is 8.64. The molecular formula is C8H10BrNO3. The standard InChI is InChI=1S/C8H10BrNO3/c1-3-10(2)7-5(9)4-6(13-7)8(11)12/h4H,3H2,1-2H3,(H,11,12). The van der Waals surface area contributed by atoms with Crippen molar-refractivity contribution in [2.24, 2.45) is 0 Å². The van der Waals surface area contributed by atoms with E-state index in [1.165, 1.54) is 6.07 Å². The van der Waals surface area contributed by atoms with E-state index in [0.717, 1.165) is 6.54 Å². The summed E-state index contributed by atoms with van der Waals surface area (Å²) in [5.41, 5.74) is 0.